The second-order valence-electron chi connectivity index (χ2n) is 2.06. The highest BCUT2D eigenvalue weighted by Crippen LogP contribution is 2.07. The molecule has 0 atom stereocenters. The Morgan fingerprint density at radius 1 is 1.36 bits per heavy atom. The predicted molar refractivity (Wildman–Crippen MR) is 44.8 cm³/mol. The van der Waals surface area contributed by atoms with Gasteiger partial charge in [0.15, 0.2) is 0 Å². The van der Waals surface area contributed by atoms with Crippen LogP contribution in [0.4, 0.5) is 0 Å². The SMILES string of the molecule is c1nc(Cc2cnsn2)cs1. The molecule has 56 valence electrons. The van der Waals surface area contributed by atoms with E-state index < -0.39 is 0 Å². The van der Waals surface area contributed by atoms with E-state index in [9.17, 15) is 0 Å². The van der Waals surface area contributed by atoms with Crippen LogP contribution in [0, 0.1) is 0 Å². The minimum Gasteiger partial charge on any atom is -0.249 e. The zero-order valence-corrected chi connectivity index (χ0v) is 7.23. The van der Waals surface area contributed by atoms with Gasteiger partial charge in [-0.3, -0.25) is 0 Å². The van der Waals surface area contributed by atoms with Crippen molar-refractivity contribution in [2.45, 2.75) is 6.42 Å². The van der Waals surface area contributed by atoms with Gasteiger partial charge in [-0.25, -0.2) is 4.98 Å². The molecular formula is C6H5N3S2. The maximum atomic E-state index is 4.15. The number of rotatable bonds is 2. The Kier molecular flexibility index (Phi) is 1.91. The first kappa shape index (κ1) is 6.87. The van der Waals surface area contributed by atoms with Crippen molar-refractivity contribution < 1.29 is 0 Å². The van der Waals surface area contributed by atoms with Gasteiger partial charge >= 0.3 is 0 Å². The smallest absolute Gasteiger partial charge is 0.0802 e. The zero-order chi connectivity index (χ0) is 7.52. The van der Waals surface area contributed by atoms with Crippen molar-refractivity contribution in [3.05, 3.63) is 28.5 Å². The second kappa shape index (κ2) is 3.06. The zero-order valence-electron chi connectivity index (χ0n) is 5.60. The second-order valence-corrected chi connectivity index (χ2v) is 3.33. The summed E-state index contributed by atoms with van der Waals surface area (Å²) in [6.45, 7) is 0. The van der Waals surface area contributed by atoms with Crippen LogP contribution in [0.1, 0.15) is 11.4 Å². The molecule has 2 aromatic rings. The molecule has 11 heavy (non-hydrogen) atoms. The molecule has 5 heteroatoms. The molecule has 3 nitrogen and oxygen atoms in total. The molecule has 2 aromatic heterocycles. The molecule has 0 aliphatic heterocycles. The monoisotopic (exact) mass is 183 g/mol. The van der Waals surface area contributed by atoms with Crippen LogP contribution in [0.15, 0.2) is 17.1 Å². The third-order valence-electron chi connectivity index (χ3n) is 1.25. The Morgan fingerprint density at radius 3 is 3.00 bits per heavy atom. The summed E-state index contributed by atoms with van der Waals surface area (Å²) < 4.78 is 8.00. The highest BCUT2D eigenvalue weighted by atomic mass is 32.1. The number of hydrogen-bond acceptors (Lipinski definition) is 5. The van der Waals surface area contributed by atoms with Gasteiger partial charge in [0.05, 0.1) is 34.8 Å². The van der Waals surface area contributed by atoms with Gasteiger partial charge in [-0.2, -0.15) is 8.75 Å². The van der Waals surface area contributed by atoms with E-state index in [1.54, 1.807) is 17.5 Å². The fourth-order valence-electron chi connectivity index (χ4n) is 0.772. The summed E-state index contributed by atoms with van der Waals surface area (Å²) in [7, 11) is 0. The van der Waals surface area contributed by atoms with Crippen molar-refractivity contribution in [2.75, 3.05) is 0 Å². The average molecular weight is 183 g/mol. The number of nitrogens with zero attached hydrogens (tertiary/aromatic N) is 3. The van der Waals surface area contributed by atoms with Crippen LogP contribution in [0.5, 0.6) is 0 Å². The summed E-state index contributed by atoms with van der Waals surface area (Å²) in [5, 5.41) is 2.03. The van der Waals surface area contributed by atoms with Gasteiger partial charge in [-0.1, -0.05) is 0 Å². The van der Waals surface area contributed by atoms with Crippen molar-refractivity contribution in [1.29, 1.82) is 0 Å². The van der Waals surface area contributed by atoms with Gasteiger partial charge in [0.25, 0.3) is 0 Å². The third kappa shape index (κ3) is 1.61. The van der Waals surface area contributed by atoms with Crippen LogP contribution in [0.3, 0.4) is 0 Å². The van der Waals surface area contributed by atoms with Gasteiger partial charge in [0.2, 0.25) is 0 Å². The molecule has 0 saturated heterocycles. The number of aromatic nitrogens is 3. The van der Waals surface area contributed by atoms with Crippen molar-refractivity contribution in [3.8, 4) is 0 Å². The first-order valence-corrected chi connectivity index (χ1v) is 4.76. The van der Waals surface area contributed by atoms with Crippen molar-refractivity contribution in [3.63, 3.8) is 0 Å². The molecule has 0 amide bonds. The predicted octanol–water partition coefficient (Wildman–Crippen LogP) is 1.59. The van der Waals surface area contributed by atoms with Crippen LogP contribution >= 0.6 is 23.1 Å². The minimum absolute atomic E-state index is 0.806. The van der Waals surface area contributed by atoms with Crippen LogP contribution in [-0.2, 0) is 6.42 Å². The Hall–Kier alpha value is -0.810. The topological polar surface area (TPSA) is 38.7 Å². The lowest BCUT2D eigenvalue weighted by Gasteiger charge is -1.86. The Morgan fingerprint density at radius 2 is 2.36 bits per heavy atom. The van der Waals surface area contributed by atoms with Crippen LogP contribution in [-0.4, -0.2) is 13.7 Å². The van der Waals surface area contributed by atoms with Crippen LogP contribution < -0.4 is 0 Å². The van der Waals surface area contributed by atoms with E-state index in [2.05, 4.69) is 13.7 Å². The van der Waals surface area contributed by atoms with Crippen molar-refractivity contribution in [1.82, 2.24) is 13.7 Å². The van der Waals surface area contributed by atoms with E-state index in [0.29, 0.717) is 0 Å². The molecular weight excluding hydrogens is 178 g/mol. The summed E-state index contributed by atoms with van der Waals surface area (Å²) in [6, 6.07) is 0. The normalized spacial score (nSPS) is 10.2. The fourth-order valence-corrected chi connectivity index (χ4v) is 1.76. The van der Waals surface area contributed by atoms with Crippen LogP contribution in [0.25, 0.3) is 0 Å². The summed E-state index contributed by atoms with van der Waals surface area (Å²) in [6.07, 6.45) is 2.59. The van der Waals surface area contributed by atoms with Gasteiger partial charge in [-0.05, 0) is 0 Å². The minimum atomic E-state index is 0.806. The van der Waals surface area contributed by atoms with E-state index in [-0.39, 0.29) is 0 Å². The van der Waals surface area contributed by atoms with E-state index in [0.717, 1.165) is 17.8 Å². The van der Waals surface area contributed by atoms with Crippen molar-refractivity contribution >= 4 is 23.1 Å². The molecule has 0 fully saturated rings. The maximum absolute atomic E-state index is 4.15. The maximum Gasteiger partial charge on any atom is 0.0802 e. The Bertz CT molecular complexity index is 268. The lowest BCUT2D eigenvalue weighted by Crippen LogP contribution is -1.86. The lowest BCUT2D eigenvalue weighted by atomic mass is 10.3. The summed E-state index contributed by atoms with van der Waals surface area (Å²) in [4.78, 5) is 4.15. The molecule has 0 aliphatic carbocycles. The highest BCUT2D eigenvalue weighted by molar-refractivity contribution is 7.07. The summed E-state index contributed by atoms with van der Waals surface area (Å²) in [5.74, 6) is 0. The molecule has 0 N–H and O–H groups in total. The molecule has 0 spiro atoms. The van der Waals surface area contributed by atoms with E-state index in [1.807, 2.05) is 10.9 Å². The summed E-state index contributed by atoms with van der Waals surface area (Å²) >= 11 is 2.84. The highest BCUT2D eigenvalue weighted by Gasteiger charge is 1.99. The number of thiazole rings is 1. The molecule has 0 saturated carbocycles. The largest absolute Gasteiger partial charge is 0.249 e. The van der Waals surface area contributed by atoms with E-state index in [1.165, 1.54) is 11.7 Å². The van der Waals surface area contributed by atoms with Crippen LogP contribution in [0.2, 0.25) is 0 Å². The van der Waals surface area contributed by atoms with Crippen molar-refractivity contribution in [2.24, 2.45) is 0 Å². The number of hydrogen-bond donors (Lipinski definition) is 0. The quantitative estimate of drug-likeness (QED) is 0.709. The fraction of sp³-hybridized carbons (Fsp3) is 0.167. The van der Waals surface area contributed by atoms with Gasteiger partial charge in [-0.15, -0.1) is 11.3 Å². The molecule has 0 unspecified atom stereocenters. The van der Waals surface area contributed by atoms with Gasteiger partial charge < -0.3 is 0 Å². The standard InChI is InChI=1S/C6H5N3S2/c1(5-2-8-11-9-5)6-3-10-4-7-6/h2-4H,1H2. The summed E-state index contributed by atoms with van der Waals surface area (Å²) in [5.41, 5.74) is 3.90. The average Bonchev–Trinajstić information content (AvgIpc) is 2.60. The third-order valence-corrected chi connectivity index (χ3v) is 2.40. The lowest BCUT2D eigenvalue weighted by molar-refractivity contribution is 1.07. The molecule has 0 aromatic carbocycles. The van der Waals surface area contributed by atoms with Gasteiger partial charge in [0.1, 0.15) is 0 Å². The molecule has 2 heterocycles. The van der Waals surface area contributed by atoms with Gasteiger partial charge in [0, 0.05) is 11.8 Å². The van der Waals surface area contributed by atoms with E-state index in [4.69, 9.17) is 0 Å². The molecule has 0 radical (unpaired) electrons. The van der Waals surface area contributed by atoms with E-state index >= 15 is 0 Å². The molecule has 2 rings (SSSR count). The Labute approximate surface area is 72.1 Å². The first-order chi connectivity index (χ1) is 5.45. The Balaban J connectivity index is 2.14. The molecule has 0 bridgehead atoms. The molecule has 0 aliphatic rings. The first-order valence-electron chi connectivity index (χ1n) is 3.08.